The highest BCUT2D eigenvalue weighted by Gasteiger charge is 2.15. The Morgan fingerprint density at radius 1 is 1.12 bits per heavy atom. The molecule has 0 atom stereocenters. The number of ether oxygens (including phenoxy) is 1. The maximum Gasteiger partial charge on any atom is 0.261 e. The lowest BCUT2D eigenvalue weighted by Gasteiger charge is -2.08. The summed E-state index contributed by atoms with van der Waals surface area (Å²) in [6.07, 6.45) is 2.69. The van der Waals surface area contributed by atoms with Crippen LogP contribution in [-0.4, -0.2) is 18.2 Å². The Balaban J connectivity index is 1.67. The Morgan fingerprint density at radius 2 is 1.81 bits per heavy atom. The number of hydrogen-bond donors (Lipinski definition) is 1. The van der Waals surface area contributed by atoms with Crippen molar-refractivity contribution in [1.82, 2.24) is 9.78 Å². The topological polar surface area (TPSA) is 73.2 Å². The minimum Gasteiger partial charge on any atom is -0.470 e. The van der Waals surface area contributed by atoms with E-state index in [2.05, 4.69) is 9.82 Å². The van der Waals surface area contributed by atoms with Crippen molar-refractivity contribution < 1.29 is 21.9 Å². The molecule has 0 fully saturated rings. The number of nitrogens with one attached hydrogen (secondary N) is 1. The molecular formula is C16H12ClF2N3O3S. The van der Waals surface area contributed by atoms with Crippen LogP contribution in [0, 0.1) is 11.6 Å². The monoisotopic (exact) mass is 399 g/mol. The van der Waals surface area contributed by atoms with Crippen LogP contribution in [0.15, 0.2) is 59.8 Å². The molecule has 6 nitrogen and oxygen atoms in total. The summed E-state index contributed by atoms with van der Waals surface area (Å²) in [5.41, 5.74) is 0.197. The first kappa shape index (κ1) is 18.2. The first-order valence-electron chi connectivity index (χ1n) is 7.22. The molecule has 0 unspecified atom stereocenters. The van der Waals surface area contributed by atoms with Crippen molar-refractivity contribution in [1.29, 1.82) is 0 Å². The van der Waals surface area contributed by atoms with Crippen molar-refractivity contribution >= 4 is 27.3 Å². The summed E-state index contributed by atoms with van der Waals surface area (Å²) in [6, 6.07) is 8.11. The highest BCUT2D eigenvalue weighted by atomic mass is 35.5. The molecule has 136 valence electrons. The molecule has 0 aliphatic heterocycles. The van der Waals surface area contributed by atoms with Gasteiger partial charge in [-0.05, 0) is 42.5 Å². The van der Waals surface area contributed by atoms with Crippen LogP contribution in [0.3, 0.4) is 0 Å². The molecule has 3 rings (SSSR count). The number of hydrogen-bond acceptors (Lipinski definition) is 4. The van der Waals surface area contributed by atoms with Crippen LogP contribution in [0.4, 0.5) is 14.5 Å². The third-order valence-corrected chi connectivity index (χ3v) is 4.95. The zero-order valence-electron chi connectivity index (χ0n) is 13.1. The van der Waals surface area contributed by atoms with Crippen LogP contribution < -0.4 is 9.46 Å². The molecule has 1 heterocycles. The molecule has 2 aromatic carbocycles. The molecule has 26 heavy (non-hydrogen) atoms. The Morgan fingerprint density at radius 3 is 2.50 bits per heavy atom. The van der Waals surface area contributed by atoms with Gasteiger partial charge < -0.3 is 4.74 Å². The van der Waals surface area contributed by atoms with E-state index in [-0.39, 0.29) is 28.1 Å². The number of halogens is 3. The SMILES string of the molecule is O=S(=O)(Nc1cnn(COc2ccc(F)cc2Cl)c1)c1ccc(F)cc1. The highest BCUT2D eigenvalue weighted by molar-refractivity contribution is 7.92. The van der Waals surface area contributed by atoms with Crippen LogP contribution in [0.2, 0.25) is 5.02 Å². The molecular weight excluding hydrogens is 388 g/mol. The number of benzene rings is 2. The second kappa shape index (κ2) is 7.30. The first-order valence-corrected chi connectivity index (χ1v) is 9.08. The van der Waals surface area contributed by atoms with E-state index in [1.807, 2.05) is 0 Å². The van der Waals surface area contributed by atoms with E-state index in [9.17, 15) is 17.2 Å². The molecule has 0 saturated carbocycles. The zero-order valence-corrected chi connectivity index (χ0v) is 14.6. The van der Waals surface area contributed by atoms with E-state index in [1.165, 1.54) is 29.2 Å². The van der Waals surface area contributed by atoms with Gasteiger partial charge in [-0.25, -0.2) is 21.9 Å². The van der Waals surface area contributed by atoms with Crippen molar-refractivity contribution in [3.05, 3.63) is 71.5 Å². The van der Waals surface area contributed by atoms with Gasteiger partial charge >= 0.3 is 0 Å². The molecule has 0 aliphatic rings. The van der Waals surface area contributed by atoms with E-state index >= 15 is 0 Å². The molecule has 0 spiro atoms. The molecule has 0 bridgehead atoms. The van der Waals surface area contributed by atoms with Crippen molar-refractivity contribution in [3.8, 4) is 5.75 Å². The maximum absolute atomic E-state index is 13.0. The van der Waals surface area contributed by atoms with Crippen molar-refractivity contribution in [2.24, 2.45) is 0 Å². The van der Waals surface area contributed by atoms with Crippen LogP contribution in [0.5, 0.6) is 5.75 Å². The van der Waals surface area contributed by atoms with Gasteiger partial charge in [0.05, 0.1) is 28.0 Å². The predicted molar refractivity (Wildman–Crippen MR) is 91.5 cm³/mol. The number of nitrogens with zero attached hydrogens (tertiary/aromatic N) is 2. The first-order chi connectivity index (χ1) is 12.3. The van der Waals surface area contributed by atoms with Gasteiger partial charge in [0.15, 0.2) is 6.73 Å². The quantitative estimate of drug-likeness (QED) is 0.686. The standard InChI is InChI=1S/C16H12ClF2N3O3S/c17-15-7-12(19)3-6-16(15)25-10-22-9-13(8-20-22)21-26(23,24)14-4-1-11(18)2-5-14/h1-9,21H,10H2. The third kappa shape index (κ3) is 4.30. The van der Waals surface area contributed by atoms with Crippen molar-refractivity contribution in [2.75, 3.05) is 4.72 Å². The minimum absolute atomic E-state index is 0.0658. The van der Waals surface area contributed by atoms with Gasteiger partial charge in [-0.2, -0.15) is 5.10 Å². The molecule has 10 heteroatoms. The largest absolute Gasteiger partial charge is 0.470 e. The normalized spacial score (nSPS) is 11.3. The van der Waals surface area contributed by atoms with Gasteiger partial charge in [0.25, 0.3) is 10.0 Å². The van der Waals surface area contributed by atoms with Crippen LogP contribution in [0.25, 0.3) is 0 Å². The Bertz CT molecular complexity index is 1020. The number of anilines is 1. The second-order valence-electron chi connectivity index (χ2n) is 5.18. The molecule has 0 aliphatic carbocycles. The third-order valence-electron chi connectivity index (χ3n) is 3.26. The average Bonchev–Trinajstić information content (AvgIpc) is 3.01. The van der Waals surface area contributed by atoms with Crippen LogP contribution in [-0.2, 0) is 16.8 Å². The van der Waals surface area contributed by atoms with E-state index in [1.54, 1.807) is 0 Å². The minimum atomic E-state index is -3.87. The second-order valence-corrected chi connectivity index (χ2v) is 7.27. The lowest BCUT2D eigenvalue weighted by Crippen LogP contribution is -2.12. The van der Waals surface area contributed by atoms with Crippen LogP contribution in [0.1, 0.15) is 0 Å². The van der Waals surface area contributed by atoms with Gasteiger partial charge in [-0.15, -0.1) is 0 Å². The van der Waals surface area contributed by atoms with E-state index in [0.29, 0.717) is 0 Å². The summed E-state index contributed by atoms with van der Waals surface area (Å²) < 4.78 is 59.4. The summed E-state index contributed by atoms with van der Waals surface area (Å²) in [7, 11) is -3.87. The predicted octanol–water partition coefficient (Wildman–Crippen LogP) is 3.65. The molecule has 0 saturated heterocycles. The Hall–Kier alpha value is -2.65. The molecule has 1 N–H and O–H groups in total. The Labute approximate surface area is 153 Å². The van der Waals surface area contributed by atoms with E-state index in [4.69, 9.17) is 16.3 Å². The summed E-state index contributed by atoms with van der Waals surface area (Å²) in [6.45, 7) is -0.0658. The lowest BCUT2D eigenvalue weighted by atomic mass is 10.3. The van der Waals surface area contributed by atoms with Gasteiger partial charge in [0.2, 0.25) is 0 Å². The molecule has 1 aromatic heterocycles. The molecule has 3 aromatic rings. The summed E-state index contributed by atoms with van der Waals surface area (Å²) >= 11 is 5.85. The zero-order chi connectivity index (χ0) is 18.7. The summed E-state index contributed by atoms with van der Waals surface area (Å²) in [5.74, 6) is -0.760. The smallest absolute Gasteiger partial charge is 0.261 e. The number of sulfonamides is 1. The van der Waals surface area contributed by atoms with Crippen molar-refractivity contribution in [3.63, 3.8) is 0 Å². The molecule has 0 amide bonds. The maximum atomic E-state index is 13.0. The van der Waals surface area contributed by atoms with Crippen molar-refractivity contribution in [2.45, 2.75) is 11.6 Å². The molecule has 0 radical (unpaired) electrons. The summed E-state index contributed by atoms with van der Waals surface area (Å²) in [4.78, 5) is -0.0824. The van der Waals surface area contributed by atoms with E-state index in [0.717, 1.165) is 30.3 Å². The van der Waals surface area contributed by atoms with Gasteiger partial charge in [0.1, 0.15) is 17.4 Å². The van der Waals surface area contributed by atoms with Gasteiger partial charge in [-0.1, -0.05) is 11.6 Å². The lowest BCUT2D eigenvalue weighted by molar-refractivity contribution is 0.221. The average molecular weight is 400 g/mol. The number of aromatic nitrogens is 2. The Kier molecular flexibility index (Phi) is 5.10. The fourth-order valence-electron chi connectivity index (χ4n) is 2.04. The van der Waals surface area contributed by atoms with E-state index < -0.39 is 21.7 Å². The fraction of sp³-hybridized carbons (Fsp3) is 0.0625. The fourth-order valence-corrected chi connectivity index (χ4v) is 3.29. The van der Waals surface area contributed by atoms with Gasteiger partial charge in [0, 0.05) is 0 Å². The van der Waals surface area contributed by atoms with Gasteiger partial charge in [-0.3, -0.25) is 4.72 Å². The highest BCUT2D eigenvalue weighted by Crippen LogP contribution is 2.25. The number of rotatable bonds is 6. The van der Waals surface area contributed by atoms with Crippen LogP contribution >= 0.6 is 11.6 Å². The summed E-state index contributed by atoms with van der Waals surface area (Å²) in [5, 5.41) is 4.06.